The summed E-state index contributed by atoms with van der Waals surface area (Å²) < 4.78 is 0. The van der Waals surface area contributed by atoms with Crippen LogP contribution in [0.3, 0.4) is 0 Å². The topological polar surface area (TPSA) is 58.2 Å². The van der Waals surface area contributed by atoms with E-state index in [-0.39, 0.29) is 24.3 Å². The predicted octanol–water partition coefficient (Wildman–Crippen LogP) is 0.819. The third kappa shape index (κ3) is 4.32. The first-order valence-corrected chi connectivity index (χ1v) is 5.78. The van der Waals surface area contributed by atoms with Crippen molar-refractivity contribution in [1.82, 2.24) is 10.6 Å². The lowest BCUT2D eigenvalue weighted by Crippen LogP contribution is -2.39. The van der Waals surface area contributed by atoms with Gasteiger partial charge in [-0.15, -0.1) is 0 Å². The van der Waals surface area contributed by atoms with Crippen LogP contribution in [0.2, 0.25) is 0 Å². The summed E-state index contributed by atoms with van der Waals surface area (Å²) in [5, 5.41) is 5.34. The SMILES string of the molecule is CCNC(=O)CNC(=O)C1CCCCC1. The molecule has 0 spiro atoms. The van der Waals surface area contributed by atoms with E-state index in [1.807, 2.05) is 6.92 Å². The van der Waals surface area contributed by atoms with Crippen LogP contribution in [0.1, 0.15) is 39.0 Å². The van der Waals surface area contributed by atoms with Crippen molar-refractivity contribution in [1.29, 1.82) is 0 Å². The zero-order chi connectivity index (χ0) is 11.1. The largest absolute Gasteiger partial charge is 0.355 e. The summed E-state index contributed by atoms with van der Waals surface area (Å²) in [7, 11) is 0. The number of likely N-dealkylation sites (N-methyl/N-ethyl adjacent to an activating group) is 1. The zero-order valence-electron chi connectivity index (χ0n) is 9.34. The Morgan fingerprint density at radius 1 is 1.13 bits per heavy atom. The van der Waals surface area contributed by atoms with Gasteiger partial charge >= 0.3 is 0 Å². The number of amides is 2. The lowest BCUT2D eigenvalue weighted by atomic mass is 9.89. The van der Waals surface area contributed by atoms with Crippen LogP contribution < -0.4 is 10.6 Å². The fraction of sp³-hybridized carbons (Fsp3) is 0.818. The highest BCUT2D eigenvalue weighted by molar-refractivity contribution is 5.85. The van der Waals surface area contributed by atoms with Crippen molar-refractivity contribution in [2.45, 2.75) is 39.0 Å². The molecule has 1 saturated carbocycles. The number of carbonyl (C=O) groups excluding carboxylic acids is 2. The van der Waals surface area contributed by atoms with Crippen LogP contribution in [0.5, 0.6) is 0 Å². The molecule has 1 fully saturated rings. The van der Waals surface area contributed by atoms with E-state index in [9.17, 15) is 9.59 Å². The van der Waals surface area contributed by atoms with E-state index in [0.717, 1.165) is 25.7 Å². The molecule has 0 aromatic carbocycles. The Kier molecular flexibility index (Phi) is 5.15. The maximum Gasteiger partial charge on any atom is 0.239 e. The fourth-order valence-electron chi connectivity index (χ4n) is 1.94. The van der Waals surface area contributed by atoms with E-state index in [2.05, 4.69) is 10.6 Å². The molecule has 0 heterocycles. The van der Waals surface area contributed by atoms with E-state index in [1.54, 1.807) is 0 Å². The molecule has 2 amide bonds. The van der Waals surface area contributed by atoms with Crippen LogP contribution in [0.4, 0.5) is 0 Å². The third-order valence-corrected chi connectivity index (χ3v) is 2.77. The molecule has 4 nitrogen and oxygen atoms in total. The van der Waals surface area contributed by atoms with Gasteiger partial charge in [-0.1, -0.05) is 19.3 Å². The van der Waals surface area contributed by atoms with Gasteiger partial charge in [-0.25, -0.2) is 0 Å². The monoisotopic (exact) mass is 212 g/mol. The van der Waals surface area contributed by atoms with Gasteiger partial charge < -0.3 is 10.6 Å². The Morgan fingerprint density at radius 3 is 2.40 bits per heavy atom. The second kappa shape index (κ2) is 6.43. The zero-order valence-corrected chi connectivity index (χ0v) is 9.34. The van der Waals surface area contributed by atoms with Crippen molar-refractivity contribution >= 4 is 11.8 Å². The molecular formula is C11H20N2O2. The lowest BCUT2D eigenvalue weighted by Gasteiger charge is -2.20. The van der Waals surface area contributed by atoms with E-state index < -0.39 is 0 Å². The van der Waals surface area contributed by atoms with Crippen molar-refractivity contribution in [3.63, 3.8) is 0 Å². The summed E-state index contributed by atoms with van der Waals surface area (Å²) in [6.07, 6.45) is 5.46. The predicted molar refractivity (Wildman–Crippen MR) is 58.3 cm³/mol. The molecule has 1 rings (SSSR count). The van der Waals surface area contributed by atoms with Crippen molar-refractivity contribution in [3.05, 3.63) is 0 Å². The molecular weight excluding hydrogens is 192 g/mol. The number of nitrogens with one attached hydrogen (secondary N) is 2. The highest BCUT2D eigenvalue weighted by atomic mass is 16.2. The highest BCUT2D eigenvalue weighted by Gasteiger charge is 2.20. The maximum atomic E-state index is 11.6. The minimum atomic E-state index is -0.110. The molecule has 15 heavy (non-hydrogen) atoms. The Labute approximate surface area is 90.8 Å². The summed E-state index contributed by atoms with van der Waals surface area (Å²) in [6.45, 7) is 2.59. The Balaban J connectivity index is 2.19. The molecule has 0 radical (unpaired) electrons. The van der Waals surface area contributed by atoms with Crippen LogP contribution >= 0.6 is 0 Å². The van der Waals surface area contributed by atoms with E-state index in [0.29, 0.717) is 6.54 Å². The number of hydrogen-bond acceptors (Lipinski definition) is 2. The standard InChI is InChI=1S/C11H20N2O2/c1-2-12-10(14)8-13-11(15)9-6-4-3-5-7-9/h9H,2-8H2,1H3,(H,12,14)(H,13,15). The number of rotatable bonds is 4. The first-order valence-electron chi connectivity index (χ1n) is 5.78. The molecule has 0 saturated heterocycles. The molecule has 1 aliphatic rings. The van der Waals surface area contributed by atoms with Crippen LogP contribution in [-0.4, -0.2) is 24.9 Å². The number of hydrogen-bond donors (Lipinski definition) is 2. The van der Waals surface area contributed by atoms with Gasteiger partial charge in [0.2, 0.25) is 11.8 Å². The average molecular weight is 212 g/mol. The molecule has 0 aromatic heterocycles. The second-order valence-corrected chi connectivity index (χ2v) is 4.01. The summed E-state index contributed by atoms with van der Waals surface area (Å²) in [5.74, 6) is 0.0655. The minimum absolute atomic E-state index is 0.0425. The van der Waals surface area contributed by atoms with E-state index >= 15 is 0 Å². The smallest absolute Gasteiger partial charge is 0.239 e. The summed E-state index contributed by atoms with van der Waals surface area (Å²) >= 11 is 0. The van der Waals surface area contributed by atoms with Gasteiger partial charge in [0.15, 0.2) is 0 Å². The van der Waals surface area contributed by atoms with Crippen LogP contribution in [0.25, 0.3) is 0 Å². The van der Waals surface area contributed by atoms with E-state index in [4.69, 9.17) is 0 Å². The molecule has 0 bridgehead atoms. The molecule has 4 heteroatoms. The molecule has 0 aliphatic heterocycles. The molecule has 2 N–H and O–H groups in total. The lowest BCUT2D eigenvalue weighted by molar-refractivity contribution is -0.129. The fourth-order valence-corrected chi connectivity index (χ4v) is 1.94. The van der Waals surface area contributed by atoms with Crippen molar-refractivity contribution in [2.75, 3.05) is 13.1 Å². The molecule has 0 aromatic rings. The van der Waals surface area contributed by atoms with Gasteiger partial charge in [-0.3, -0.25) is 9.59 Å². The van der Waals surface area contributed by atoms with E-state index in [1.165, 1.54) is 6.42 Å². The van der Waals surface area contributed by atoms with Gasteiger partial charge in [0.1, 0.15) is 0 Å². The van der Waals surface area contributed by atoms with Gasteiger partial charge in [0, 0.05) is 12.5 Å². The molecule has 0 unspecified atom stereocenters. The summed E-state index contributed by atoms with van der Waals surface area (Å²) in [5.41, 5.74) is 0. The van der Waals surface area contributed by atoms with Crippen molar-refractivity contribution < 1.29 is 9.59 Å². The van der Waals surface area contributed by atoms with Crippen molar-refractivity contribution in [3.8, 4) is 0 Å². The Morgan fingerprint density at radius 2 is 1.80 bits per heavy atom. The van der Waals surface area contributed by atoms with Gasteiger partial charge in [0.25, 0.3) is 0 Å². The Bertz CT molecular complexity index is 223. The average Bonchev–Trinajstić information content (AvgIpc) is 2.27. The number of carbonyl (C=O) groups is 2. The third-order valence-electron chi connectivity index (χ3n) is 2.77. The quantitative estimate of drug-likeness (QED) is 0.725. The van der Waals surface area contributed by atoms with Crippen LogP contribution in [0.15, 0.2) is 0 Å². The Hall–Kier alpha value is -1.06. The van der Waals surface area contributed by atoms with Gasteiger partial charge in [-0.2, -0.15) is 0 Å². The maximum absolute atomic E-state index is 11.6. The minimum Gasteiger partial charge on any atom is -0.355 e. The second-order valence-electron chi connectivity index (χ2n) is 4.01. The van der Waals surface area contributed by atoms with Crippen LogP contribution in [-0.2, 0) is 9.59 Å². The molecule has 86 valence electrons. The van der Waals surface area contributed by atoms with Crippen LogP contribution in [0, 0.1) is 5.92 Å². The normalized spacial score (nSPS) is 17.1. The summed E-state index contributed by atoms with van der Waals surface area (Å²) in [6, 6.07) is 0. The molecule has 0 atom stereocenters. The molecule has 1 aliphatic carbocycles. The first-order chi connectivity index (χ1) is 7.24. The highest BCUT2D eigenvalue weighted by Crippen LogP contribution is 2.23. The summed E-state index contributed by atoms with van der Waals surface area (Å²) in [4.78, 5) is 22.7. The first kappa shape index (κ1) is 12.0. The van der Waals surface area contributed by atoms with Crippen molar-refractivity contribution in [2.24, 2.45) is 5.92 Å². The van der Waals surface area contributed by atoms with Gasteiger partial charge in [0.05, 0.1) is 6.54 Å². The van der Waals surface area contributed by atoms with Gasteiger partial charge in [-0.05, 0) is 19.8 Å².